The van der Waals surface area contributed by atoms with Crippen LogP contribution in [0.15, 0.2) is 24.3 Å². The van der Waals surface area contributed by atoms with Crippen LogP contribution in [0.1, 0.15) is 81.6 Å². The third-order valence-electron chi connectivity index (χ3n) is 6.65. The van der Waals surface area contributed by atoms with Gasteiger partial charge < -0.3 is 21.1 Å². The normalized spacial score (nSPS) is 15.7. The summed E-state index contributed by atoms with van der Waals surface area (Å²) in [6.07, 6.45) is 5.17. The molecule has 1 atom stereocenters. The molecule has 0 unspecified atom stereocenters. The molecule has 8 nitrogen and oxygen atoms in total. The number of amidine groups is 1. The summed E-state index contributed by atoms with van der Waals surface area (Å²) in [7, 11) is 0. The van der Waals surface area contributed by atoms with E-state index < -0.39 is 11.4 Å². The number of hydrogen-bond acceptors (Lipinski definition) is 4. The van der Waals surface area contributed by atoms with Crippen LogP contribution in [0.4, 0.5) is 0 Å². The maximum atomic E-state index is 13.5. The molecule has 2 amide bonds. The number of piperidine rings is 1. The van der Waals surface area contributed by atoms with Gasteiger partial charge in [0, 0.05) is 36.7 Å². The minimum Gasteiger partial charge on any atom is -0.481 e. The van der Waals surface area contributed by atoms with Crippen molar-refractivity contribution in [2.75, 3.05) is 13.1 Å². The lowest BCUT2D eigenvalue weighted by molar-refractivity contribution is -0.144. The lowest BCUT2D eigenvalue weighted by Crippen LogP contribution is -2.55. The summed E-state index contributed by atoms with van der Waals surface area (Å²) in [5.74, 6) is -1.02. The molecular formula is C25H38N4O4. The third kappa shape index (κ3) is 7.30. The number of carbonyl (C=O) groups is 3. The Morgan fingerprint density at radius 3 is 2.24 bits per heavy atom. The predicted octanol–water partition coefficient (Wildman–Crippen LogP) is 3.39. The van der Waals surface area contributed by atoms with E-state index in [0.717, 1.165) is 19.3 Å². The van der Waals surface area contributed by atoms with Crippen LogP contribution in [0.3, 0.4) is 0 Å². The van der Waals surface area contributed by atoms with Crippen LogP contribution in [0, 0.1) is 16.7 Å². The lowest BCUT2D eigenvalue weighted by atomic mass is 9.79. The minimum atomic E-state index is -0.803. The van der Waals surface area contributed by atoms with Gasteiger partial charge in [-0.25, -0.2) is 0 Å². The first-order chi connectivity index (χ1) is 15.6. The van der Waals surface area contributed by atoms with Crippen LogP contribution in [0.25, 0.3) is 0 Å². The molecule has 0 bridgehead atoms. The highest BCUT2D eigenvalue weighted by atomic mass is 16.4. The molecule has 1 fully saturated rings. The number of benzene rings is 1. The maximum absolute atomic E-state index is 13.5. The van der Waals surface area contributed by atoms with Crippen molar-refractivity contribution >= 4 is 23.6 Å². The number of carboxylic acids is 1. The van der Waals surface area contributed by atoms with E-state index in [-0.39, 0.29) is 36.0 Å². The van der Waals surface area contributed by atoms with Crippen molar-refractivity contribution in [2.24, 2.45) is 17.1 Å². The van der Waals surface area contributed by atoms with E-state index in [1.54, 1.807) is 24.3 Å². The smallest absolute Gasteiger partial charge is 0.303 e. The standard InChI is InChI=1S/C25H38N4O4/c1-4-5-6-7-20(28-23(32)19-10-8-18(9-11-19)22(26)27)25(2,3)24(33)29-14-12-17(13-15-29)16-21(30)31/h8-11,17,20H,4-7,12-16H2,1-3H3,(H3,26,27)(H,28,32)(H,30,31)/t20-/m1/s1. The second-order valence-corrected chi connectivity index (χ2v) is 9.57. The molecule has 0 spiro atoms. The summed E-state index contributed by atoms with van der Waals surface area (Å²) in [5, 5.41) is 19.6. The zero-order chi connectivity index (χ0) is 24.6. The Morgan fingerprint density at radius 1 is 1.15 bits per heavy atom. The Bertz CT molecular complexity index is 842. The van der Waals surface area contributed by atoms with Crippen LogP contribution in [0.5, 0.6) is 0 Å². The number of nitrogens with zero attached hydrogens (tertiary/aromatic N) is 1. The van der Waals surface area contributed by atoms with Crippen LogP contribution in [-0.4, -0.2) is 52.8 Å². The first-order valence-corrected chi connectivity index (χ1v) is 11.8. The van der Waals surface area contributed by atoms with Gasteiger partial charge in [0.25, 0.3) is 5.91 Å². The van der Waals surface area contributed by atoms with E-state index in [4.69, 9.17) is 16.2 Å². The number of nitrogens with two attached hydrogens (primary N) is 1. The molecule has 8 heteroatoms. The number of aliphatic carboxylic acids is 1. The summed E-state index contributed by atoms with van der Waals surface area (Å²) >= 11 is 0. The van der Waals surface area contributed by atoms with Gasteiger partial charge in [-0.1, -0.05) is 38.3 Å². The van der Waals surface area contributed by atoms with E-state index in [2.05, 4.69) is 12.2 Å². The molecule has 1 aliphatic heterocycles. The molecule has 182 valence electrons. The highest BCUT2D eigenvalue weighted by Gasteiger charge is 2.41. The molecule has 0 aliphatic carbocycles. The van der Waals surface area contributed by atoms with Crippen molar-refractivity contribution < 1.29 is 19.5 Å². The maximum Gasteiger partial charge on any atom is 0.303 e. The van der Waals surface area contributed by atoms with Gasteiger partial charge in [0.05, 0.1) is 5.41 Å². The largest absolute Gasteiger partial charge is 0.481 e. The van der Waals surface area contributed by atoms with Crippen LogP contribution in [0.2, 0.25) is 0 Å². The van der Waals surface area contributed by atoms with Gasteiger partial charge in [-0.05, 0) is 51.2 Å². The summed E-state index contributed by atoms with van der Waals surface area (Å²) in [5.41, 5.74) is 5.70. The Balaban J connectivity index is 2.11. The molecule has 1 aromatic rings. The fraction of sp³-hybridized carbons (Fsp3) is 0.600. The van der Waals surface area contributed by atoms with E-state index in [1.165, 1.54) is 0 Å². The van der Waals surface area contributed by atoms with Gasteiger partial charge in [-0.3, -0.25) is 19.8 Å². The molecular weight excluding hydrogens is 420 g/mol. The number of carbonyl (C=O) groups excluding carboxylic acids is 2. The summed E-state index contributed by atoms with van der Waals surface area (Å²) in [6.45, 7) is 6.97. The van der Waals surface area contributed by atoms with Crippen LogP contribution >= 0.6 is 0 Å². The SMILES string of the molecule is CCCCC[C@@H](NC(=O)c1ccc(C(=N)N)cc1)C(C)(C)C(=O)N1CCC(CC(=O)O)CC1. The second kappa shape index (κ2) is 11.8. The lowest BCUT2D eigenvalue weighted by Gasteiger charge is -2.40. The quantitative estimate of drug-likeness (QED) is 0.229. The number of carboxylic acid groups (broad SMARTS) is 1. The monoisotopic (exact) mass is 458 g/mol. The van der Waals surface area contributed by atoms with Gasteiger partial charge in [-0.2, -0.15) is 0 Å². The average Bonchev–Trinajstić information content (AvgIpc) is 2.78. The van der Waals surface area contributed by atoms with Crippen molar-refractivity contribution in [2.45, 2.75) is 71.8 Å². The van der Waals surface area contributed by atoms with Crippen molar-refractivity contribution in [1.29, 1.82) is 5.41 Å². The first-order valence-electron chi connectivity index (χ1n) is 11.8. The van der Waals surface area contributed by atoms with Gasteiger partial charge >= 0.3 is 5.97 Å². The predicted molar refractivity (Wildman–Crippen MR) is 128 cm³/mol. The Hall–Kier alpha value is -2.90. The van der Waals surface area contributed by atoms with Crippen molar-refractivity contribution in [1.82, 2.24) is 10.2 Å². The molecule has 33 heavy (non-hydrogen) atoms. The number of hydrogen-bond donors (Lipinski definition) is 4. The van der Waals surface area contributed by atoms with Gasteiger partial charge in [-0.15, -0.1) is 0 Å². The van der Waals surface area contributed by atoms with E-state index in [0.29, 0.717) is 43.5 Å². The summed E-state index contributed by atoms with van der Waals surface area (Å²) in [6, 6.07) is 6.21. The highest BCUT2D eigenvalue weighted by Crippen LogP contribution is 2.31. The Morgan fingerprint density at radius 2 is 1.73 bits per heavy atom. The van der Waals surface area contributed by atoms with Crippen LogP contribution in [-0.2, 0) is 9.59 Å². The number of nitrogen functional groups attached to an aromatic ring is 1. The fourth-order valence-corrected chi connectivity index (χ4v) is 4.40. The molecule has 1 saturated heterocycles. The van der Waals surface area contributed by atoms with E-state index in [1.807, 2.05) is 18.7 Å². The average molecular weight is 459 g/mol. The van der Waals surface area contributed by atoms with Gasteiger partial charge in [0.2, 0.25) is 5.91 Å². The third-order valence-corrected chi connectivity index (χ3v) is 6.65. The zero-order valence-electron chi connectivity index (χ0n) is 20.0. The fourth-order valence-electron chi connectivity index (χ4n) is 4.40. The molecule has 1 aliphatic rings. The molecule has 0 radical (unpaired) electrons. The van der Waals surface area contributed by atoms with Crippen LogP contribution < -0.4 is 11.1 Å². The van der Waals surface area contributed by atoms with E-state index >= 15 is 0 Å². The Labute approximate surface area is 196 Å². The molecule has 0 aromatic heterocycles. The number of likely N-dealkylation sites (tertiary alicyclic amines) is 1. The molecule has 1 heterocycles. The van der Waals surface area contributed by atoms with Gasteiger partial charge in [0.1, 0.15) is 5.84 Å². The molecule has 0 saturated carbocycles. The summed E-state index contributed by atoms with van der Waals surface area (Å²) < 4.78 is 0. The number of unbranched alkanes of at least 4 members (excludes halogenated alkanes) is 2. The topological polar surface area (TPSA) is 137 Å². The molecule has 5 N–H and O–H groups in total. The van der Waals surface area contributed by atoms with Crippen molar-refractivity contribution in [3.8, 4) is 0 Å². The first kappa shape index (κ1) is 26.4. The van der Waals surface area contributed by atoms with E-state index in [9.17, 15) is 14.4 Å². The number of rotatable bonds is 11. The van der Waals surface area contributed by atoms with Crippen molar-refractivity contribution in [3.63, 3.8) is 0 Å². The zero-order valence-corrected chi connectivity index (χ0v) is 20.0. The summed E-state index contributed by atoms with van der Waals surface area (Å²) in [4.78, 5) is 39.3. The van der Waals surface area contributed by atoms with Gasteiger partial charge in [0.15, 0.2) is 0 Å². The number of nitrogens with one attached hydrogen (secondary N) is 2. The molecule has 1 aromatic carbocycles. The number of amides is 2. The van der Waals surface area contributed by atoms with Crippen molar-refractivity contribution in [3.05, 3.63) is 35.4 Å². The Kier molecular flexibility index (Phi) is 9.44. The minimum absolute atomic E-state index is 0.00926. The second-order valence-electron chi connectivity index (χ2n) is 9.57. The highest BCUT2D eigenvalue weighted by molar-refractivity contribution is 5.98. The molecule has 2 rings (SSSR count).